The number of ether oxygens (including phenoxy) is 1. The quantitative estimate of drug-likeness (QED) is 0.399. The molecule has 4 N–H and O–H groups in total. The Labute approximate surface area is 237 Å². The second-order valence-electron chi connectivity index (χ2n) is 11.2. The molecule has 40 heavy (non-hydrogen) atoms. The number of benzene rings is 2. The smallest absolute Gasteiger partial charge is 0.247 e. The molecule has 2 heterocycles. The maximum atomic E-state index is 14.0. The number of aliphatic hydroxyl groups excluding tert-OH is 1. The molecule has 0 aromatic heterocycles. The number of hydrogen-bond donors (Lipinski definition) is 4. The summed E-state index contributed by atoms with van der Waals surface area (Å²) in [6.45, 7) is 7.85. The number of carbonyl (C=O) groups excluding carboxylic acids is 3. The first kappa shape index (κ1) is 31.1. The van der Waals surface area contributed by atoms with Crippen molar-refractivity contribution in [2.75, 3.05) is 20.6 Å². The number of nitrogens with one attached hydrogen (secondary N) is 3. The molecule has 218 valence electrons. The summed E-state index contributed by atoms with van der Waals surface area (Å²) in [6.07, 6.45) is -0.633. The zero-order chi connectivity index (χ0) is 29.4. The summed E-state index contributed by atoms with van der Waals surface area (Å²) in [4.78, 5) is 42.8. The number of nitrogens with zero attached hydrogens (tertiary/aromatic N) is 1. The van der Waals surface area contributed by atoms with Crippen molar-refractivity contribution in [3.05, 3.63) is 65.7 Å². The molecule has 9 heteroatoms. The van der Waals surface area contributed by atoms with E-state index in [1.165, 1.54) is 0 Å². The van der Waals surface area contributed by atoms with Crippen LogP contribution in [0.4, 0.5) is 0 Å². The Morgan fingerprint density at radius 3 is 2.27 bits per heavy atom. The zero-order valence-electron chi connectivity index (χ0n) is 24.4. The molecule has 0 spiro atoms. The fourth-order valence-corrected chi connectivity index (χ4v) is 5.03. The molecule has 2 bridgehead atoms. The molecule has 4 rings (SSSR count). The van der Waals surface area contributed by atoms with Gasteiger partial charge in [-0.05, 0) is 49.2 Å². The Bertz CT molecular complexity index is 1120. The van der Waals surface area contributed by atoms with Crippen LogP contribution in [0.25, 0.3) is 0 Å². The van der Waals surface area contributed by atoms with Crippen molar-refractivity contribution < 1.29 is 24.2 Å². The van der Waals surface area contributed by atoms with Gasteiger partial charge in [0.1, 0.15) is 23.9 Å². The van der Waals surface area contributed by atoms with Crippen molar-refractivity contribution in [3.63, 3.8) is 0 Å². The predicted octanol–water partition coefficient (Wildman–Crippen LogP) is 2.44. The Hall–Kier alpha value is -3.43. The first-order valence-corrected chi connectivity index (χ1v) is 14.0. The fraction of sp³-hybridized carbons (Fsp3) is 0.516. The maximum absolute atomic E-state index is 14.0. The molecule has 0 fully saturated rings. The second kappa shape index (κ2) is 14.3. The van der Waals surface area contributed by atoms with Crippen LogP contribution in [0.1, 0.15) is 51.3 Å². The van der Waals surface area contributed by atoms with Crippen molar-refractivity contribution >= 4 is 17.7 Å². The third-order valence-corrected chi connectivity index (χ3v) is 7.50. The summed E-state index contributed by atoms with van der Waals surface area (Å²) in [7, 11) is 3.69. The standard InChI is InChI=1S/C31H44N4O5/c1-7-20(4)27(35(5)6)31(39)34-26-28(19(2)3)40-23-15-13-22(14-16-23)25(36)18-32-29(37)24(33-30(26)38)17-21-11-9-8-10-12-21/h8-16,19-20,24-28,36H,7,17-18H2,1-6H3,(H,32,37)(H,33,38)(H,34,39)/t20-,24-,25?,26-,27-,28-/m0/s1. The lowest BCUT2D eigenvalue weighted by Gasteiger charge is -2.35. The highest BCUT2D eigenvalue weighted by atomic mass is 16.5. The number of likely N-dealkylation sites (N-methyl/N-ethyl adjacent to an activating group) is 1. The lowest BCUT2D eigenvalue weighted by Crippen LogP contribution is -2.62. The summed E-state index contributed by atoms with van der Waals surface area (Å²) >= 11 is 0. The minimum atomic E-state index is -1.07. The third kappa shape index (κ3) is 8.05. The molecule has 2 aromatic rings. The molecule has 1 unspecified atom stereocenters. The Kier molecular flexibility index (Phi) is 11.1. The maximum Gasteiger partial charge on any atom is 0.247 e. The molecular weight excluding hydrogens is 508 g/mol. The van der Waals surface area contributed by atoms with Gasteiger partial charge in [-0.1, -0.05) is 76.6 Å². The van der Waals surface area contributed by atoms with Crippen molar-refractivity contribution in [1.82, 2.24) is 20.9 Å². The molecular formula is C31H44N4O5. The molecule has 9 nitrogen and oxygen atoms in total. The van der Waals surface area contributed by atoms with Crippen LogP contribution >= 0.6 is 0 Å². The van der Waals surface area contributed by atoms with Crippen LogP contribution in [0.3, 0.4) is 0 Å². The molecule has 2 aliphatic heterocycles. The average Bonchev–Trinajstić information content (AvgIpc) is 2.93. The van der Waals surface area contributed by atoms with Crippen LogP contribution in [-0.4, -0.2) is 72.6 Å². The van der Waals surface area contributed by atoms with E-state index in [9.17, 15) is 19.5 Å². The Morgan fingerprint density at radius 2 is 1.70 bits per heavy atom. The monoisotopic (exact) mass is 552 g/mol. The van der Waals surface area contributed by atoms with Gasteiger partial charge in [0.05, 0.1) is 12.1 Å². The highest BCUT2D eigenvalue weighted by Crippen LogP contribution is 2.23. The van der Waals surface area contributed by atoms with Gasteiger partial charge in [0.2, 0.25) is 17.7 Å². The summed E-state index contributed by atoms with van der Waals surface area (Å²) in [5.74, 6) is -0.837. The van der Waals surface area contributed by atoms with Crippen LogP contribution in [0.15, 0.2) is 54.6 Å². The summed E-state index contributed by atoms with van der Waals surface area (Å²) in [5, 5.41) is 19.3. The van der Waals surface area contributed by atoms with Gasteiger partial charge in [0.25, 0.3) is 0 Å². The Morgan fingerprint density at radius 1 is 1.05 bits per heavy atom. The van der Waals surface area contributed by atoms with Gasteiger partial charge in [-0.15, -0.1) is 0 Å². The lowest BCUT2D eigenvalue weighted by atomic mass is 9.94. The van der Waals surface area contributed by atoms with Crippen LogP contribution in [0.5, 0.6) is 5.75 Å². The van der Waals surface area contributed by atoms with E-state index in [0.29, 0.717) is 11.3 Å². The van der Waals surface area contributed by atoms with E-state index in [-0.39, 0.29) is 30.7 Å². The van der Waals surface area contributed by atoms with E-state index >= 15 is 0 Å². The van der Waals surface area contributed by atoms with E-state index in [2.05, 4.69) is 16.0 Å². The van der Waals surface area contributed by atoms with Crippen molar-refractivity contribution in [2.45, 2.75) is 70.9 Å². The molecule has 3 amide bonds. The topological polar surface area (TPSA) is 120 Å². The molecule has 2 aliphatic rings. The van der Waals surface area contributed by atoms with Gasteiger partial charge in [0.15, 0.2) is 0 Å². The first-order valence-electron chi connectivity index (χ1n) is 14.0. The number of carbonyl (C=O) groups is 3. The number of amides is 3. The van der Waals surface area contributed by atoms with Gasteiger partial charge >= 0.3 is 0 Å². The molecule has 6 atom stereocenters. The van der Waals surface area contributed by atoms with Gasteiger partial charge in [-0.2, -0.15) is 0 Å². The SMILES string of the molecule is CC[C@H](C)[C@@H](C(=O)N[C@@H]1C(=O)N[C@@H](Cc2ccccc2)C(=O)NCC(O)c2ccc(cc2)O[C@H]1C(C)C)N(C)C. The van der Waals surface area contributed by atoms with Crippen molar-refractivity contribution in [3.8, 4) is 5.75 Å². The van der Waals surface area contributed by atoms with E-state index in [1.54, 1.807) is 24.3 Å². The van der Waals surface area contributed by atoms with Crippen molar-refractivity contribution in [2.24, 2.45) is 11.8 Å². The van der Waals surface area contributed by atoms with Crippen LogP contribution in [0.2, 0.25) is 0 Å². The highest BCUT2D eigenvalue weighted by molar-refractivity contribution is 5.93. The normalized spacial score (nSPS) is 23.5. The second-order valence-corrected chi connectivity index (χ2v) is 11.2. The molecule has 0 radical (unpaired) electrons. The summed E-state index contributed by atoms with van der Waals surface area (Å²) < 4.78 is 6.33. The minimum Gasteiger partial charge on any atom is -0.487 e. The van der Waals surface area contributed by atoms with Gasteiger partial charge in [-0.3, -0.25) is 19.3 Å². The summed E-state index contributed by atoms with van der Waals surface area (Å²) in [5.41, 5.74) is 1.49. The van der Waals surface area contributed by atoms with E-state index < -0.39 is 42.1 Å². The predicted molar refractivity (Wildman–Crippen MR) is 155 cm³/mol. The first-order chi connectivity index (χ1) is 19.0. The van der Waals surface area contributed by atoms with Crippen molar-refractivity contribution in [1.29, 1.82) is 0 Å². The molecule has 0 saturated heterocycles. The van der Waals surface area contributed by atoms with Crippen LogP contribution < -0.4 is 20.7 Å². The third-order valence-electron chi connectivity index (χ3n) is 7.50. The van der Waals surface area contributed by atoms with E-state index in [1.807, 2.05) is 77.0 Å². The van der Waals surface area contributed by atoms with Gasteiger partial charge in [0, 0.05) is 13.0 Å². The van der Waals surface area contributed by atoms with E-state index in [0.717, 1.165) is 12.0 Å². The largest absolute Gasteiger partial charge is 0.487 e. The molecule has 0 saturated carbocycles. The number of rotatable bonds is 8. The Balaban J connectivity index is 2.03. The number of aliphatic hydroxyl groups is 1. The fourth-order valence-electron chi connectivity index (χ4n) is 5.03. The minimum absolute atomic E-state index is 0.0194. The average molecular weight is 553 g/mol. The van der Waals surface area contributed by atoms with Gasteiger partial charge < -0.3 is 25.8 Å². The van der Waals surface area contributed by atoms with Gasteiger partial charge in [-0.25, -0.2) is 0 Å². The zero-order valence-corrected chi connectivity index (χ0v) is 24.4. The molecule has 0 aliphatic carbocycles. The highest BCUT2D eigenvalue weighted by Gasteiger charge is 2.38. The van der Waals surface area contributed by atoms with E-state index in [4.69, 9.17) is 4.74 Å². The lowest BCUT2D eigenvalue weighted by molar-refractivity contribution is -0.137. The van der Waals surface area contributed by atoms with Crippen LogP contribution in [-0.2, 0) is 20.8 Å². The number of fused-ring (bicyclic) bond motifs is 11. The van der Waals surface area contributed by atoms with Crippen LogP contribution in [0, 0.1) is 11.8 Å². The summed E-state index contributed by atoms with van der Waals surface area (Å²) in [6, 6.07) is 13.8. The number of hydrogen-bond acceptors (Lipinski definition) is 6. The molecule has 2 aromatic carbocycles.